The first-order valence-electron chi connectivity index (χ1n) is 11.9. The molecule has 0 saturated heterocycles. The van der Waals surface area contributed by atoms with Crippen LogP contribution in [0.5, 0.6) is 11.5 Å². The van der Waals surface area contributed by atoms with Gasteiger partial charge in [-0.1, -0.05) is 60.7 Å². The molecular formula is C31H29N3O3. The topological polar surface area (TPSA) is 83.0 Å². The van der Waals surface area contributed by atoms with Crippen molar-refractivity contribution >= 4 is 23.1 Å². The van der Waals surface area contributed by atoms with Crippen molar-refractivity contribution in [2.75, 3.05) is 12.4 Å². The highest BCUT2D eigenvalue weighted by atomic mass is 16.5. The van der Waals surface area contributed by atoms with Crippen molar-refractivity contribution in [3.63, 3.8) is 0 Å². The van der Waals surface area contributed by atoms with Crippen LogP contribution in [-0.4, -0.2) is 24.0 Å². The molecule has 2 aromatic carbocycles. The van der Waals surface area contributed by atoms with Gasteiger partial charge in [0.2, 0.25) is 0 Å². The van der Waals surface area contributed by atoms with Gasteiger partial charge >= 0.3 is 0 Å². The molecule has 0 aromatic heterocycles. The van der Waals surface area contributed by atoms with E-state index >= 15 is 0 Å². The maximum absolute atomic E-state index is 12.8. The van der Waals surface area contributed by atoms with Crippen molar-refractivity contribution in [1.29, 1.82) is 0 Å². The summed E-state index contributed by atoms with van der Waals surface area (Å²) >= 11 is 0. The number of carbonyl (C=O) groups excluding carboxylic acids is 1. The Balaban J connectivity index is 1.52. The summed E-state index contributed by atoms with van der Waals surface area (Å²) in [5.74, 6) is 0.973. The number of aromatic hydroxyl groups is 1. The molecule has 6 nitrogen and oxygen atoms in total. The number of allylic oxidation sites excluding steroid dienone is 10. The number of nitrogens with one attached hydrogen (secondary N) is 2. The lowest BCUT2D eigenvalue weighted by Gasteiger charge is -2.16. The fraction of sp³-hybridized carbons (Fsp3) is 0.0968. The second-order valence-corrected chi connectivity index (χ2v) is 8.36. The van der Waals surface area contributed by atoms with Crippen molar-refractivity contribution in [2.24, 2.45) is 4.99 Å². The van der Waals surface area contributed by atoms with Gasteiger partial charge in [-0.15, -0.1) is 0 Å². The summed E-state index contributed by atoms with van der Waals surface area (Å²) in [4.78, 5) is 17.7. The molecule has 0 radical (unpaired) electrons. The first-order valence-corrected chi connectivity index (χ1v) is 11.9. The van der Waals surface area contributed by atoms with Crippen LogP contribution in [0.1, 0.15) is 24.1 Å². The van der Waals surface area contributed by atoms with Crippen molar-refractivity contribution in [3.05, 3.63) is 132 Å². The minimum Gasteiger partial charge on any atom is -0.504 e. The van der Waals surface area contributed by atoms with E-state index in [1.54, 1.807) is 24.3 Å². The Labute approximate surface area is 217 Å². The molecule has 37 heavy (non-hydrogen) atoms. The molecule has 4 rings (SSSR count). The summed E-state index contributed by atoms with van der Waals surface area (Å²) in [6.45, 7) is 2.00. The van der Waals surface area contributed by atoms with E-state index in [2.05, 4.69) is 10.6 Å². The quantitative estimate of drug-likeness (QED) is 0.452. The Morgan fingerprint density at radius 1 is 0.946 bits per heavy atom. The van der Waals surface area contributed by atoms with E-state index in [-0.39, 0.29) is 17.7 Å². The smallest absolute Gasteiger partial charge is 0.255 e. The third-order valence-corrected chi connectivity index (χ3v) is 5.71. The van der Waals surface area contributed by atoms with Crippen molar-refractivity contribution < 1.29 is 14.6 Å². The van der Waals surface area contributed by atoms with Crippen LogP contribution in [0.3, 0.4) is 0 Å². The number of phenols is 1. The Hall–Kier alpha value is -4.84. The molecule has 1 atom stereocenters. The van der Waals surface area contributed by atoms with Crippen LogP contribution >= 0.6 is 0 Å². The van der Waals surface area contributed by atoms with Gasteiger partial charge in [0, 0.05) is 22.5 Å². The van der Waals surface area contributed by atoms with Crippen LogP contribution in [0.4, 0.5) is 5.69 Å². The number of hydrogen-bond donors (Lipinski definition) is 3. The summed E-state index contributed by atoms with van der Waals surface area (Å²) in [7, 11) is 1.52. The van der Waals surface area contributed by atoms with Gasteiger partial charge in [-0.05, 0) is 67.1 Å². The first kappa shape index (κ1) is 25.3. The number of rotatable bonds is 6. The van der Waals surface area contributed by atoms with Crippen LogP contribution in [0.25, 0.3) is 5.70 Å². The summed E-state index contributed by atoms with van der Waals surface area (Å²) in [5, 5.41) is 16.3. The van der Waals surface area contributed by atoms with Crippen LogP contribution in [0.2, 0.25) is 0 Å². The Bertz CT molecular complexity index is 1400. The molecular weight excluding hydrogens is 462 g/mol. The number of ether oxygens (including phenoxy) is 1. The van der Waals surface area contributed by atoms with E-state index in [4.69, 9.17) is 9.73 Å². The molecule has 0 saturated carbocycles. The molecule has 1 heterocycles. The van der Waals surface area contributed by atoms with Gasteiger partial charge in [-0.2, -0.15) is 0 Å². The monoisotopic (exact) mass is 491 g/mol. The van der Waals surface area contributed by atoms with Crippen molar-refractivity contribution in [3.8, 4) is 11.5 Å². The largest absolute Gasteiger partial charge is 0.504 e. The second-order valence-electron chi connectivity index (χ2n) is 8.36. The standard InChI is InChI=1S/C31H29N3O3/c1-22(24-14-11-15-26(20-24)33-31(36)23-12-7-4-3-5-8-13-23)32-30-17-10-6-9-16-27(34-30)25-18-19-28(35)29(21-25)37-2/h3-22,35H,1-2H3,(H,32,34)(H,33,36)/b4-3+,5-3?,7-4?,8-5+,12-7?,13-8?,23-12?,23-13?/t22-/m0/s1. The van der Waals surface area contributed by atoms with E-state index in [9.17, 15) is 9.90 Å². The highest BCUT2D eigenvalue weighted by Gasteiger charge is 2.12. The fourth-order valence-electron chi connectivity index (χ4n) is 3.75. The minimum absolute atomic E-state index is 0.0813. The van der Waals surface area contributed by atoms with E-state index in [0.717, 1.165) is 16.8 Å². The molecule has 186 valence electrons. The summed E-state index contributed by atoms with van der Waals surface area (Å²) in [6.07, 6.45) is 22.5. The second kappa shape index (κ2) is 12.2. The zero-order chi connectivity index (χ0) is 26.0. The number of benzene rings is 2. The summed E-state index contributed by atoms with van der Waals surface area (Å²) in [5.41, 5.74) is 3.89. The van der Waals surface area contributed by atoms with Gasteiger partial charge in [0.1, 0.15) is 5.84 Å². The lowest BCUT2D eigenvalue weighted by molar-refractivity contribution is -0.112. The maximum atomic E-state index is 12.8. The third kappa shape index (κ3) is 6.86. The first-order chi connectivity index (χ1) is 18.0. The highest BCUT2D eigenvalue weighted by Crippen LogP contribution is 2.29. The number of amidine groups is 1. The van der Waals surface area contributed by atoms with Crippen molar-refractivity contribution in [1.82, 2.24) is 5.32 Å². The average molecular weight is 492 g/mol. The van der Waals surface area contributed by atoms with Gasteiger partial charge < -0.3 is 20.5 Å². The molecule has 1 aliphatic heterocycles. The molecule has 0 spiro atoms. The van der Waals surface area contributed by atoms with Crippen LogP contribution in [0.15, 0.2) is 126 Å². The summed E-state index contributed by atoms with van der Waals surface area (Å²) < 4.78 is 5.26. The number of anilines is 1. The average Bonchev–Trinajstić information content (AvgIpc) is 2.86. The zero-order valence-electron chi connectivity index (χ0n) is 20.8. The van der Waals surface area contributed by atoms with Gasteiger partial charge in [-0.3, -0.25) is 9.79 Å². The molecule has 1 amide bonds. The van der Waals surface area contributed by atoms with Gasteiger partial charge in [0.15, 0.2) is 11.5 Å². The molecule has 6 heteroatoms. The highest BCUT2D eigenvalue weighted by molar-refractivity contribution is 6.06. The van der Waals surface area contributed by atoms with Crippen LogP contribution < -0.4 is 15.4 Å². The minimum atomic E-state index is -0.184. The van der Waals surface area contributed by atoms with E-state index in [1.165, 1.54) is 7.11 Å². The number of phenolic OH excluding ortho intramolecular Hbond substituents is 1. The van der Waals surface area contributed by atoms with Gasteiger partial charge in [-0.25, -0.2) is 0 Å². The lowest BCUT2D eigenvalue weighted by atomic mass is 10.1. The van der Waals surface area contributed by atoms with Crippen LogP contribution in [0, 0.1) is 0 Å². The predicted octanol–water partition coefficient (Wildman–Crippen LogP) is 6.16. The Kier molecular flexibility index (Phi) is 8.34. The molecule has 0 unspecified atom stereocenters. The number of aliphatic imine (C=N–C) groups is 1. The molecule has 0 fully saturated rings. The number of nitrogens with zero attached hydrogens (tertiary/aromatic N) is 1. The number of hydrogen-bond acceptors (Lipinski definition) is 4. The van der Waals surface area contributed by atoms with Crippen LogP contribution in [-0.2, 0) is 4.79 Å². The number of methoxy groups -OCH3 is 1. The number of amides is 1. The third-order valence-electron chi connectivity index (χ3n) is 5.71. The summed E-state index contributed by atoms with van der Waals surface area (Å²) in [6, 6.07) is 12.7. The van der Waals surface area contributed by atoms with Crippen molar-refractivity contribution in [2.45, 2.75) is 13.0 Å². The van der Waals surface area contributed by atoms with E-state index in [0.29, 0.717) is 22.8 Å². The van der Waals surface area contributed by atoms with E-state index in [1.807, 2.05) is 98.0 Å². The van der Waals surface area contributed by atoms with E-state index < -0.39 is 0 Å². The Morgan fingerprint density at radius 3 is 2.57 bits per heavy atom. The predicted molar refractivity (Wildman–Crippen MR) is 150 cm³/mol. The van der Waals surface area contributed by atoms with Gasteiger partial charge in [0.25, 0.3) is 5.91 Å². The SMILES string of the molecule is COc1cc(C2=CC=CC=CC(=N[C@@H](C)c3cccc(NC(=O)C4=C/C=C/C=C/C=C4)c3)N2)ccc1O. The molecule has 2 aliphatic rings. The molecule has 2 aromatic rings. The number of carbonyl (C=O) groups is 1. The lowest BCUT2D eigenvalue weighted by Crippen LogP contribution is -2.21. The fourth-order valence-corrected chi connectivity index (χ4v) is 3.75. The molecule has 3 N–H and O–H groups in total. The molecule has 0 bridgehead atoms. The zero-order valence-corrected chi connectivity index (χ0v) is 20.8. The van der Waals surface area contributed by atoms with Gasteiger partial charge in [0.05, 0.1) is 13.2 Å². The maximum Gasteiger partial charge on any atom is 0.255 e. The molecule has 1 aliphatic carbocycles. The Morgan fingerprint density at radius 2 is 1.70 bits per heavy atom. The normalized spacial score (nSPS) is 18.3.